The predicted molar refractivity (Wildman–Crippen MR) is 85.9 cm³/mol. The zero-order chi connectivity index (χ0) is 14.5. The molecule has 3 heteroatoms. The molecule has 0 amide bonds. The average Bonchev–Trinajstić information content (AvgIpc) is 2.45. The summed E-state index contributed by atoms with van der Waals surface area (Å²) >= 11 is 6.11. The van der Waals surface area contributed by atoms with Gasteiger partial charge in [0.05, 0.1) is 12.1 Å². The second-order valence-electron chi connectivity index (χ2n) is 5.10. The van der Waals surface area contributed by atoms with Crippen LogP contribution >= 0.6 is 11.6 Å². The number of hydrogen-bond acceptors (Lipinski definition) is 2. The van der Waals surface area contributed by atoms with Gasteiger partial charge in [0.2, 0.25) is 0 Å². The molecule has 106 valence electrons. The Morgan fingerprint density at radius 1 is 1.10 bits per heavy atom. The van der Waals surface area contributed by atoms with Gasteiger partial charge < -0.3 is 10.1 Å². The first-order chi connectivity index (χ1) is 9.60. The summed E-state index contributed by atoms with van der Waals surface area (Å²) in [5.74, 6) is 1.26. The van der Waals surface area contributed by atoms with Gasteiger partial charge in [-0.05, 0) is 41.3 Å². The van der Waals surface area contributed by atoms with Gasteiger partial charge in [0.1, 0.15) is 5.75 Å². The van der Waals surface area contributed by atoms with E-state index >= 15 is 0 Å². The number of ether oxygens (including phenoxy) is 1. The van der Waals surface area contributed by atoms with E-state index in [4.69, 9.17) is 16.3 Å². The maximum Gasteiger partial charge on any atom is 0.137 e. The molecule has 2 aromatic rings. The molecular formula is C17H20ClNO. The van der Waals surface area contributed by atoms with Crippen LogP contribution in [-0.4, -0.2) is 7.11 Å². The lowest BCUT2D eigenvalue weighted by atomic mass is 10.0. The first kappa shape index (κ1) is 14.7. The minimum atomic E-state index is 0.560. The van der Waals surface area contributed by atoms with E-state index in [2.05, 4.69) is 43.4 Å². The van der Waals surface area contributed by atoms with Crippen LogP contribution in [0.2, 0.25) is 5.02 Å². The van der Waals surface area contributed by atoms with E-state index in [0.29, 0.717) is 16.7 Å². The van der Waals surface area contributed by atoms with E-state index in [1.54, 1.807) is 7.11 Å². The van der Waals surface area contributed by atoms with Gasteiger partial charge in [-0.15, -0.1) is 0 Å². The third-order valence-electron chi connectivity index (χ3n) is 3.29. The summed E-state index contributed by atoms with van der Waals surface area (Å²) in [6.07, 6.45) is 0. The molecule has 0 unspecified atom stereocenters. The van der Waals surface area contributed by atoms with Crippen molar-refractivity contribution in [2.45, 2.75) is 26.3 Å². The molecule has 0 bridgehead atoms. The number of anilines is 1. The molecule has 20 heavy (non-hydrogen) atoms. The summed E-state index contributed by atoms with van der Waals surface area (Å²) in [6, 6.07) is 14.4. The molecule has 2 rings (SSSR count). The lowest BCUT2D eigenvalue weighted by Gasteiger charge is -2.10. The van der Waals surface area contributed by atoms with Crippen molar-refractivity contribution in [3.8, 4) is 5.75 Å². The van der Waals surface area contributed by atoms with Crippen molar-refractivity contribution in [3.63, 3.8) is 0 Å². The number of halogens is 1. The number of nitrogens with one attached hydrogen (secondary N) is 1. The Labute approximate surface area is 125 Å². The fraction of sp³-hybridized carbons (Fsp3) is 0.294. The molecule has 2 aromatic carbocycles. The summed E-state index contributed by atoms with van der Waals surface area (Å²) in [7, 11) is 1.62. The Hall–Kier alpha value is -1.67. The molecule has 2 nitrogen and oxygen atoms in total. The second-order valence-corrected chi connectivity index (χ2v) is 5.51. The molecule has 0 aliphatic carbocycles. The van der Waals surface area contributed by atoms with Gasteiger partial charge in [-0.1, -0.05) is 43.6 Å². The Balaban J connectivity index is 1.99. The van der Waals surface area contributed by atoms with E-state index in [1.807, 2.05) is 18.2 Å². The average molecular weight is 290 g/mol. The minimum absolute atomic E-state index is 0.560. The van der Waals surface area contributed by atoms with E-state index in [9.17, 15) is 0 Å². The fourth-order valence-electron chi connectivity index (χ4n) is 2.01. The second kappa shape index (κ2) is 6.67. The van der Waals surface area contributed by atoms with Gasteiger partial charge >= 0.3 is 0 Å². The molecular weight excluding hydrogens is 270 g/mol. The van der Waals surface area contributed by atoms with Crippen molar-refractivity contribution >= 4 is 17.3 Å². The fourth-order valence-corrected chi connectivity index (χ4v) is 2.29. The van der Waals surface area contributed by atoms with Crippen molar-refractivity contribution in [2.75, 3.05) is 12.4 Å². The SMILES string of the molecule is COc1ccc(CNc2ccc(C(C)C)cc2)cc1Cl. The molecule has 0 aliphatic rings. The number of benzene rings is 2. The highest BCUT2D eigenvalue weighted by molar-refractivity contribution is 6.32. The van der Waals surface area contributed by atoms with Gasteiger partial charge in [0.15, 0.2) is 0 Å². The molecule has 0 fully saturated rings. The third-order valence-corrected chi connectivity index (χ3v) is 3.59. The Bertz CT molecular complexity index is 564. The van der Waals surface area contributed by atoms with Crippen molar-refractivity contribution in [1.29, 1.82) is 0 Å². The highest BCUT2D eigenvalue weighted by Crippen LogP contribution is 2.25. The van der Waals surface area contributed by atoms with Crippen LogP contribution in [0.1, 0.15) is 30.9 Å². The van der Waals surface area contributed by atoms with Crippen molar-refractivity contribution in [3.05, 3.63) is 58.6 Å². The first-order valence-corrected chi connectivity index (χ1v) is 7.14. The lowest BCUT2D eigenvalue weighted by molar-refractivity contribution is 0.415. The van der Waals surface area contributed by atoms with Crippen molar-refractivity contribution in [1.82, 2.24) is 0 Å². The van der Waals surface area contributed by atoms with Crippen molar-refractivity contribution in [2.24, 2.45) is 0 Å². The van der Waals surface area contributed by atoms with E-state index < -0.39 is 0 Å². The van der Waals surface area contributed by atoms with Crippen LogP contribution in [0.4, 0.5) is 5.69 Å². The van der Waals surface area contributed by atoms with E-state index in [0.717, 1.165) is 17.8 Å². The summed E-state index contributed by atoms with van der Waals surface area (Å²) in [4.78, 5) is 0. The molecule has 0 spiro atoms. The van der Waals surface area contributed by atoms with Crippen LogP contribution in [0.15, 0.2) is 42.5 Å². The maximum atomic E-state index is 6.11. The molecule has 0 heterocycles. The molecule has 0 atom stereocenters. The summed E-state index contributed by atoms with van der Waals surface area (Å²) < 4.78 is 5.15. The lowest BCUT2D eigenvalue weighted by Crippen LogP contribution is -2.00. The molecule has 0 aromatic heterocycles. The number of rotatable bonds is 5. The van der Waals surface area contributed by atoms with Crippen LogP contribution in [0.5, 0.6) is 5.75 Å². The topological polar surface area (TPSA) is 21.3 Å². The van der Waals surface area contributed by atoms with Gasteiger partial charge in [-0.3, -0.25) is 0 Å². The predicted octanol–water partition coefficient (Wildman–Crippen LogP) is 5.08. The quantitative estimate of drug-likeness (QED) is 0.828. The van der Waals surface area contributed by atoms with E-state index in [1.165, 1.54) is 5.56 Å². The largest absolute Gasteiger partial charge is 0.495 e. The highest BCUT2D eigenvalue weighted by Gasteiger charge is 2.02. The summed E-state index contributed by atoms with van der Waals surface area (Å²) in [5.41, 5.74) is 3.59. The summed E-state index contributed by atoms with van der Waals surface area (Å²) in [5, 5.41) is 4.03. The van der Waals surface area contributed by atoms with Crippen LogP contribution in [0.25, 0.3) is 0 Å². The highest BCUT2D eigenvalue weighted by atomic mass is 35.5. The Morgan fingerprint density at radius 2 is 1.80 bits per heavy atom. The van der Waals surface area contributed by atoms with Crippen molar-refractivity contribution < 1.29 is 4.74 Å². The molecule has 0 saturated heterocycles. The van der Waals surface area contributed by atoms with Crippen LogP contribution in [0, 0.1) is 0 Å². The third kappa shape index (κ3) is 3.67. The van der Waals surface area contributed by atoms with E-state index in [-0.39, 0.29) is 0 Å². The molecule has 0 saturated carbocycles. The number of methoxy groups -OCH3 is 1. The van der Waals surface area contributed by atoms with Gasteiger partial charge in [0.25, 0.3) is 0 Å². The van der Waals surface area contributed by atoms with Gasteiger partial charge in [0, 0.05) is 12.2 Å². The minimum Gasteiger partial charge on any atom is -0.495 e. The normalized spacial score (nSPS) is 10.7. The Kier molecular flexibility index (Phi) is 4.91. The maximum absolute atomic E-state index is 6.11. The molecule has 0 radical (unpaired) electrons. The number of hydrogen-bond donors (Lipinski definition) is 1. The Morgan fingerprint density at radius 3 is 2.35 bits per heavy atom. The van der Waals surface area contributed by atoms with Crippen LogP contribution in [0.3, 0.4) is 0 Å². The van der Waals surface area contributed by atoms with Gasteiger partial charge in [-0.2, -0.15) is 0 Å². The van der Waals surface area contributed by atoms with Crippen LogP contribution in [-0.2, 0) is 6.54 Å². The zero-order valence-electron chi connectivity index (χ0n) is 12.1. The van der Waals surface area contributed by atoms with Gasteiger partial charge in [-0.25, -0.2) is 0 Å². The summed E-state index contributed by atoms with van der Waals surface area (Å²) in [6.45, 7) is 5.13. The molecule has 1 N–H and O–H groups in total. The first-order valence-electron chi connectivity index (χ1n) is 6.76. The smallest absolute Gasteiger partial charge is 0.137 e. The zero-order valence-corrected chi connectivity index (χ0v) is 12.9. The molecule has 0 aliphatic heterocycles. The standard InChI is InChI=1S/C17H20ClNO/c1-12(2)14-5-7-15(8-6-14)19-11-13-4-9-17(20-3)16(18)10-13/h4-10,12,19H,11H2,1-3H3. The monoisotopic (exact) mass is 289 g/mol. The van der Waals surface area contributed by atoms with Crippen LogP contribution < -0.4 is 10.1 Å².